The highest BCUT2D eigenvalue weighted by molar-refractivity contribution is 5.54. The van der Waals surface area contributed by atoms with Crippen molar-refractivity contribution in [1.82, 2.24) is 0 Å². The predicted octanol–water partition coefficient (Wildman–Crippen LogP) is 5.39. The normalized spacial score (nSPS) is 15.3. The molecule has 4 heteroatoms. The average molecular weight is 441 g/mol. The van der Waals surface area contributed by atoms with Crippen LogP contribution in [0.25, 0.3) is 0 Å². The molecule has 2 aromatic rings. The molecule has 1 saturated carbocycles. The van der Waals surface area contributed by atoms with E-state index in [1.807, 2.05) is 38.1 Å². The van der Waals surface area contributed by atoms with Crippen molar-refractivity contribution in [3.63, 3.8) is 0 Å². The van der Waals surface area contributed by atoms with Gasteiger partial charge in [0.05, 0.1) is 0 Å². The zero-order valence-electron chi connectivity index (χ0n) is 19.7. The summed E-state index contributed by atoms with van der Waals surface area (Å²) in [6, 6.07) is 8.09. The summed E-state index contributed by atoms with van der Waals surface area (Å²) in [4.78, 5) is 0. The summed E-state index contributed by atoms with van der Waals surface area (Å²) < 4.78 is 0. The highest BCUT2D eigenvalue weighted by Gasteiger charge is 2.31. The van der Waals surface area contributed by atoms with Gasteiger partial charge in [-0.05, 0) is 66.7 Å². The van der Waals surface area contributed by atoms with Gasteiger partial charge in [-0.15, -0.1) is 0 Å². The largest absolute Gasteiger partial charge is 0.507 e. The van der Waals surface area contributed by atoms with E-state index in [1.54, 1.807) is 0 Å². The first-order valence-corrected chi connectivity index (χ1v) is 12.4. The van der Waals surface area contributed by atoms with Crippen LogP contribution in [0.3, 0.4) is 0 Å². The molecule has 0 saturated heterocycles. The quantitative estimate of drug-likeness (QED) is 0.394. The van der Waals surface area contributed by atoms with E-state index >= 15 is 0 Å². The fraction of sp³-hybridized carbons (Fsp3) is 0.571. The van der Waals surface area contributed by atoms with E-state index < -0.39 is 0 Å². The second-order valence-corrected chi connectivity index (χ2v) is 9.27. The summed E-state index contributed by atoms with van der Waals surface area (Å²) in [6.45, 7) is 4.21. The van der Waals surface area contributed by atoms with Gasteiger partial charge in [-0.2, -0.15) is 0 Å². The Kier molecular flexibility index (Phi) is 9.01. The van der Waals surface area contributed by atoms with E-state index in [-0.39, 0.29) is 19.1 Å². The van der Waals surface area contributed by atoms with Gasteiger partial charge in [-0.1, -0.05) is 63.8 Å². The van der Waals surface area contributed by atoms with Crippen LogP contribution in [0, 0.1) is 5.92 Å². The molecule has 0 unspecified atom stereocenters. The number of phenols is 2. The molecule has 4 nitrogen and oxygen atoms in total. The summed E-state index contributed by atoms with van der Waals surface area (Å²) in [5.41, 5.74) is 5.59. The maximum atomic E-state index is 11.3. The molecule has 1 fully saturated rings. The van der Waals surface area contributed by atoms with Gasteiger partial charge < -0.3 is 20.4 Å². The first kappa shape index (κ1) is 24.6. The molecule has 32 heavy (non-hydrogen) atoms. The third kappa shape index (κ3) is 5.47. The van der Waals surface area contributed by atoms with Gasteiger partial charge in [0.1, 0.15) is 11.5 Å². The van der Waals surface area contributed by atoms with Crippen LogP contribution < -0.4 is 0 Å². The van der Waals surface area contributed by atoms with Crippen molar-refractivity contribution < 1.29 is 20.4 Å². The molecular weight excluding hydrogens is 400 g/mol. The molecule has 3 rings (SSSR count). The van der Waals surface area contributed by atoms with Gasteiger partial charge in [0.15, 0.2) is 0 Å². The van der Waals surface area contributed by atoms with E-state index in [4.69, 9.17) is 0 Å². The summed E-state index contributed by atoms with van der Waals surface area (Å²) in [5.74, 6) is 0.875. The van der Waals surface area contributed by atoms with E-state index in [0.29, 0.717) is 43.1 Å². The SMILES string of the molecule is CCc1cc(CCO)cc(C(c2cc(CCO)cc(CC)c2O)C2CCCCCC2)c1O. The zero-order valence-corrected chi connectivity index (χ0v) is 19.7. The van der Waals surface area contributed by atoms with Gasteiger partial charge in [-0.3, -0.25) is 0 Å². The molecule has 0 amide bonds. The lowest BCUT2D eigenvalue weighted by atomic mass is 9.74. The molecule has 0 bridgehead atoms. The van der Waals surface area contributed by atoms with Gasteiger partial charge >= 0.3 is 0 Å². The number of aliphatic hydroxyl groups excluding tert-OH is 2. The van der Waals surface area contributed by atoms with Crippen LogP contribution in [-0.2, 0) is 25.7 Å². The van der Waals surface area contributed by atoms with E-state index in [9.17, 15) is 20.4 Å². The molecule has 1 aliphatic rings. The molecule has 1 aliphatic carbocycles. The Balaban J connectivity index is 2.25. The van der Waals surface area contributed by atoms with Crippen molar-refractivity contribution in [2.75, 3.05) is 13.2 Å². The highest BCUT2D eigenvalue weighted by atomic mass is 16.3. The number of hydrogen-bond donors (Lipinski definition) is 4. The molecular formula is C28H40O4. The van der Waals surface area contributed by atoms with Gasteiger partial charge in [-0.25, -0.2) is 0 Å². The third-order valence-corrected chi connectivity index (χ3v) is 7.16. The summed E-state index contributed by atoms with van der Waals surface area (Å²) in [7, 11) is 0. The van der Waals surface area contributed by atoms with Crippen molar-refractivity contribution in [2.24, 2.45) is 5.92 Å². The van der Waals surface area contributed by atoms with Gasteiger partial charge in [0, 0.05) is 30.3 Å². The molecule has 0 atom stereocenters. The molecule has 0 radical (unpaired) electrons. The fourth-order valence-corrected chi connectivity index (χ4v) is 5.45. The van der Waals surface area contributed by atoms with Crippen LogP contribution >= 0.6 is 0 Å². The van der Waals surface area contributed by atoms with Crippen LogP contribution in [0.2, 0.25) is 0 Å². The maximum Gasteiger partial charge on any atom is 0.122 e. The number of phenolic OH excluding ortho intramolecular Hbond substituents is 2. The number of aromatic hydroxyl groups is 2. The number of benzene rings is 2. The Morgan fingerprint density at radius 2 is 1.16 bits per heavy atom. The molecule has 4 N–H and O–H groups in total. The van der Waals surface area contributed by atoms with Crippen molar-refractivity contribution >= 4 is 0 Å². The molecule has 0 heterocycles. The lowest BCUT2D eigenvalue weighted by Crippen LogP contribution is -2.17. The molecule has 2 aromatic carbocycles. The minimum Gasteiger partial charge on any atom is -0.507 e. The molecule has 176 valence electrons. The Morgan fingerprint density at radius 1 is 0.719 bits per heavy atom. The summed E-state index contributed by atoms with van der Waals surface area (Å²) in [5, 5.41) is 41.8. The first-order valence-electron chi connectivity index (χ1n) is 12.4. The monoisotopic (exact) mass is 440 g/mol. The predicted molar refractivity (Wildman–Crippen MR) is 130 cm³/mol. The van der Waals surface area contributed by atoms with Crippen molar-refractivity contribution in [3.8, 4) is 11.5 Å². The lowest BCUT2D eigenvalue weighted by molar-refractivity contribution is 0.299. The van der Waals surface area contributed by atoms with E-state index in [2.05, 4.69) is 0 Å². The van der Waals surface area contributed by atoms with E-state index in [1.165, 1.54) is 12.8 Å². The molecule has 0 aromatic heterocycles. The number of rotatable bonds is 9. The molecule has 0 aliphatic heterocycles. The van der Waals surface area contributed by atoms with Crippen LogP contribution in [0.1, 0.15) is 91.7 Å². The smallest absolute Gasteiger partial charge is 0.122 e. The fourth-order valence-electron chi connectivity index (χ4n) is 5.45. The maximum absolute atomic E-state index is 11.3. The first-order chi connectivity index (χ1) is 15.5. The number of hydrogen-bond acceptors (Lipinski definition) is 4. The third-order valence-electron chi connectivity index (χ3n) is 7.16. The second-order valence-electron chi connectivity index (χ2n) is 9.27. The van der Waals surface area contributed by atoms with Crippen LogP contribution in [0.5, 0.6) is 11.5 Å². The lowest BCUT2D eigenvalue weighted by Gasteiger charge is -2.30. The average Bonchev–Trinajstić information content (AvgIpc) is 3.07. The zero-order chi connectivity index (χ0) is 23.1. The van der Waals surface area contributed by atoms with Crippen LogP contribution in [-0.4, -0.2) is 33.6 Å². The molecule has 0 spiro atoms. The van der Waals surface area contributed by atoms with Crippen molar-refractivity contribution in [3.05, 3.63) is 57.6 Å². The van der Waals surface area contributed by atoms with Crippen molar-refractivity contribution in [2.45, 2.75) is 84.0 Å². The van der Waals surface area contributed by atoms with Crippen LogP contribution in [0.4, 0.5) is 0 Å². The topological polar surface area (TPSA) is 80.9 Å². The van der Waals surface area contributed by atoms with Crippen LogP contribution in [0.15, 0.2) is 24.3 Å². The standard InChI is InChI=1S/C28H40O4/c1-3-21-15-19(11-13-29)17-24(27(21)31)26(23-9-7-5-6-8-10-23)25-18-20(12-14-30)16-22(4-2)28(25)32/h15-18,23,26,29-32H,3-14H2,1-2H3. The highest BCUT2D eigenvalue weighted by Crippen LogP contribution is 2.47. The van der Waals surface area contributed by atoms with Gasteiger partial charge in [0.2, 0.25) is 0 Å². The minimum absolute atomic E-state index is 0.0681. The number of aryl methyl sites for hydroxylation is 2. The van der Waals surface area contributed by atoms with Crippen molar-refractivity contribution in [1.29, 1.82) is 0 Å². The van der Waals surface area contributed by atoms with Gasteiger partial charge in [0.25, 0.3) is 0 Å². The van der Waals surface area contributed by atoms with E-state index in [0.717, 1.165) is 59.1 Å². The number of aliphatic hydroxyl groups is 2. The Bertz CT molecular complexity index is 818. The Morgan fingerprint density at radius 3 is 1.53 bits per heavy atom. The summed E-state index contributed by atoms with van der Waals surface area (Å²) in [6.07, 6.45) is 9.46. The summed E-state index contributed by atoms with van der Waals surface area (Å²) >= 11 is 0. The second kappa shape index (κ2) is 11.7. The Labute approximate surface area is 192 Å². The minimum atomic E-state index is -0.110. The Hall–Kier alpha value is -2.04.